The maximum absolute atomic E-state index is 13.0. The molecule has 1 aromatic heterocycles. The fourth-order valence-corrected chi connectivity index (χ4v) is 1.94. The molecule has 1 N–H and O–H groups in total. The molecule has 0 unspecified atom stereocenters. The van der Waals surface area contributed by atoms with E-state index in [2.05, 4.69) is 5.10 Å². The average Bonchev–Trinajstić information content (AvgIpc) is 2.79. The fourth-order valence-electron chi connectivity index (χ4n) is 1.94. The normalized spacial score (nSPS) is 11.4. The topological polar surface area (TPSA) is 64.3 Å². The van der Waals surface area contributed by atoms with Crippen LogP contribution in [0.4, 0.5) is 13.2 Å². The second-order valence-electron chi connectivity index (χ2n) is 4.18. The minimum absolute atomic E-state index is 0.0332. The lowest BCUT2D eigenvalue weighted by Crippen LogP contribution is -2.12. The quantitative estimate of drug-likeness (QED) is 0.942. The fraction of sp³-hybridized carbons (Fsp3) is 0.231. The number of carbonyl (C=O) groups is 1. The Bertz CT molecular complexity index is 665. The summed E-state index contributed by atoms with van der Waals surface area (Å²) in [5.74, 6) is -1.16. The molecule has 0 bridgehead atoms. The van der Waals surface area contributed by atoms with Gasteiger partial charge in [0.25, 0.3) is 0 Å². The number of alkyl halides is 3. The molecule has 0 amide bonds. The lowest BCUT2D eigenvalue weighted by atomic mass is 10.1. The minimum atomic E-state index is -4.56. The summed E-state index contributed by atoms with van der Waals surface area (Å²) in [5, 5.41) is 12.6. The molecule has 0 spiro atoms. The Morgan fingerprint density at radius 1 is 1.38 bits per heavy atom. The van der Waals surface area contributed by atoms with Crippen LogP contribution in [0.5, 0.6) is 5.88 Å². The zero-order valence-electron chi connectivity index (χ0n) is 10.9. The van der Waals surface area contributed by atoms with Crippen LogP contribution in [0.25, 0.3) is 5.69 Å². The monoisotopic (exact) mass is 300 g/mol. The number of hydrogen-bond acceptors (Lipinski definition) is 3. The second kappa shape index (κ2) is 5.47. The molecule has 112 valence electrons. The van der Waals surface area contributed by atoms with E-state index in [-0.39, 0.29) is 17.1 Å². The van der Waals surface area contributed by atoms with E-state index < -0.39 is 24.1 Å². The molecule has 0 radical (unpaired) electrons. The van der Waals surface area contributed by atoms with Gasteiger partial charge in [-0.15, -0.1) is 0 Å². The smallest absolute Gasteiger partial charge is 0.418 e. The van der Waals surface area contributed by atoms with E-state index in [1.54, 1.807) is 0 Å². The standard InChI is InChI=1S/C13H11F3N2O3/c1-21-12-8(6-11(19)20)7-17-18(12)10-5-3-2-4-9(10)13(14,15)16/h2-5,7H,6H2,1H3,(H,19,20). The van der Waals surface area contributed by atoms with E-state index in [1.807, 2.05) is 0 Å². The number of carboxylic acid groups (broad SMARTS) is 1. The van der Waals surface area contributed by atoms with Gasteiger partial charge in [-0.05, 0) is 12.1 Å². The molecule has 0 fully saturated rings. The van der Waals surface area contributed by atoms with E-state index in [0.29, 0.717) is 0 Å². The van der Waals surface area contributed by atoms with Crippen LogP contribution in [0.15, 0.2) is 30.5 Å². The van der Waals surface area contributed by atoms with Crippen LogP contribution in [-0.4, -0.2) is 28.0 Å². The number of aliphatic carboxylic acids is 1. The largest absolute Gasteiger partial charge is 0.481 e. The highest BCUT2D eigenvalue weighted by Gasteiger charge is 2.34. The van der Waals surface area contributed by atoms with E-state index in [4.69, 9.17) is 9.84 Å². The van der Waals surface area contributed by atoms with Gasteiger partial charge in [-0.25, -0.2) is 4.68 Å². The van der Waals surface area contributed by atoms with E-state index >= 15 is 0 Å². The van der Waals surface area contributed by atoms with Gasteiger partial charge in [-0.3, -0.25) is 4.79 Å². The maximum atomic E-state index is 13.0. The van der Waals surface area contributed by atoms with Gasteiger partial charge in [0.1, 0.15) is 0 Å². The Hall–Kier alpha value is -2.51. The highest BCUT2D eigenvalue weighted by atomic mass is 19.4. The summed E-state index contributed by atoms with van der Waals surface area (Å²) < 4.78 is 45.0. The third-order valence-corrected chi connectivity index (χ3v) is 2.77. The molecular weight excluding hydrogens is 289 g/mol. The summed E-state index contributed by atoms with van der Waals surface area (Å²) in [6.07, 6.45) is -3.77. The molecule has 2 aromatic rings. The molecule has 1 aromatic carbocycles. The Morgan fingerprint density at radius 2 is 2.05 bits per heavy atom. The van der Waals surface area contributed by atoms with Crippen molar-refractivity contribution in [3.8, 4) is 11.6 Å². The molecule has 0 aliphatic rings. The number of rotatable bonds is 4. The zero-order valence-corrected chi connectivity index (χ0v) is 10.9. The van der Waals surface area contributed by atoms with Crippen LogP contribution < -0.4 is 4.74 Å². The summed E-state index contributed by atoms with van der Waals surface area (Å²) in [7, 11) is 1.25. The third-order valence-electron chi connectivity index (χ3n) is 2.77. The van der Waals surface area contributed by atoms with Crippen molar-refractivity contribution >= 4 is 5.97 Å². The van der Waals surface area contributed by atoms with Crippen LogP contribution >= 0.6 is 0 Å². The number of aromatic nitrogens is 2. The van der Waals surface area contributed by atoms with E-state index in [9.17, 15) is 18.0 Å². The van der Waals surface area contributed by atoms with Crippen LogP contribution in [-0.2, 0) is 17.4 Å². The summed E-state index contributed by atoms with van der Waals surface area (Å²) in [4.78, 5) is 10.7. The summed E-state index contributed by atoms with van der Waals surface area (Å²) >= 11 is 0. The second-order valence-corrected chi connectivity index (χ2v) is 4.18. The predicted molar refractivity (Wildman–Crippen MR) is 66.5 cm³/mol. The molecule has 0 aliphatic carbocycles. The van der Waals surface area contributed by atoms with Gasteiger partial charge in [0.05, 0.1) is 31.0 Å². The van der Waals surface area contributed by atoms with Gasteiger partial charge in [0.2, 0.25) is 5.88 Å². The number of hydrogen-bond donors (Lipinski definition) is 1. The summed E-state index contributed by atoms with van der Waals surface area (Å²) in [6.45, 7) is 0. The molecule has 0 saturated carbocycles. The summed E-state index contributed by atoms with van der Waals surface area (Å²) in [6, 6.07) is 4.86. The molecule has 0 atom stereocenters. The van der Waals surface area contributed by atoms with Crippen LogP contribution in [0, 0.1) is 0 Å². The molecule has 0 aliphatic heterocycles. The summed E-state index contributed by atoms with van der Waals surface area (Å²) in [5.41, 5.74) is -0.909. The zero-order chi connectivity index (χ0) is 15.6. The Kier molecular flexibility index (Phi) is 3.88. The highest BCUT2D eigenvalue weighted by molar-refractivity contribution is 5.71. The van der Waals surface area contributed by atoms with Crippen molar-refractivity contribution in [1.29, 1.82) is 0 Å². The first kappa shape index (κ1) is 14.9. The first-order chi connectivity index (χ1) is 9.84. The number of halogens is 3. The molecule has 21 heavy (non-hydrogen) atoms. The molecule has 5 nitrogen and oxygen atoms in total. The number of para-hydroxylation sites is 1. The number of nitrogens with zero attached hydrogens (tertiary/aromatic N) is 2. The predicted octanol–water partition coefficient (Wildman–Crippen LogP) is 2.53. The lowest BCUT2D eigenvalue weighted by Gasteiger charge is -2.14. The SMILES string of the molecule is COc1c(CC(=O)O)cnn1-c1ccccc1C(F)(F)F. The van der Waals surface area contributed by atoms with Crippen molar-refractivity contribution in [1.82, 2.24) is 9.78 Å². The van der Waals surface area contributed by atoms with Crippen LogP contribution in [0.2, 0.25) is 0 Å². The first-order valence-electron chi connectivity index (χ1n) is 5.84. The van der Waals surface area contributed by atoms with Gasteiger partial charge in [-0.1, -0.05) is 12.1 Å². The first-order valence-corrected chi connectivity index (χ1v) is 5.84. The van der Waals surface area contributed by atoms with Crippen molar-refractivity contribution in [2.45, 2.75) is 12.6 Å². The lowest BCUT2D eigenvalue weighted by molar-refractivity contribution is -0.138. The Balaban J connectivity index is 2.58. The van der Waals surface area contributed by atoms with Crippen molar-refractivity contribution in [2.24, 2.45) is 0 Å². The van der Waals surface area contributed by atoms with Gasteiger partial charge in [0.15, 0.2) is 0 Å². The number of methoxy groups -OCH3 is 1. The van der Waals surface area contributed by atoms with Gasteiger partial charge >= 0.3 is 12.1 Å². The highest BCUT2D eigenvalue weighted by Crippen LogP contribution is 2.35. The van der Waals surface area contributed by atoms with Crippen molar-refractivity contribution in [3.63, 3.8) is 0 Å². The Labute approximate surface area is 117 Å². The van der Waals surface area contributed by atoms with Crippen molar-refractivity contribution < 1.29 is 27.8 Å². The molecule has 8 heteroatoms. The molecule has 2 rings (SSSR count). The molecular formula is C13H11F3N2O3. The Morgan fingerprint density at radius 3 is 2.62 bits per heavy atom. The maximum Gasteiger partial charge on any atom is 0.418 e. The van der Waals surface area contributed by atoms with Crippen molar-refractivity contribution in [2.75, 3.05) is 7.11 Å². The van der Waals surface area contributed by atoms with Gasteiger partial charge in [0, 0.05) is 5.56 Å². The number of carboxylic acids is 1. The van der Waals surface area contributed by atoms with Gasteiger partial charge < -0.3 is 9.84 Å². The van der Waals surface area contributed by atoms with Crippen LogP contribution in [0.3, 0.4) is 0 Å². The number of ether oxygens (including phenoxy) is 1. The van der Waals surface area contributed by atoms with Crippen molar-refractivity contribution in [3.05, 3.63) is 41.6 Å². The van der Waals surface area contributed by atoms with Crippen LogP contribution in [0.1, 0.15) is 11.1 Å². The number of benzene rings is 1. The van der Waals surface area contributed by atoms with E-state index in [0.717, 1.165) is 10.7 Å². The molecule has 0 saturated heterocycles. The minimum Gasteiger partial charge on any atom is -0.481 e. The molecule has 1 heterocycles. The van der Waals surface area contributed by atoms with Gasteiger partial charge in [-0.2, -0.15) is 18.3 Å². The average molecular weight is 300 g/mol. The third kappa shape index (κ3) is 2.99. The van der Waals surface area contributed by atoms with E-state index in [1.165, 1.54) is 31.5 Å².